The molecule has 0 aliphatic heterocycles. The number of carbonyl (C=O) groups is 1. The first-order valence-electron chi connectivity index (χ1n) is 6.09. The molecule has 1 aromatic rings. The van der Waals surface area contributed by atoms with Crippen molar-refractivity contribution in [2.24, 2.45) is 5.41 Å². The molecule has 18 heavy (non-hydrogen) atoms. The minimum Gasteiger partial charge on any atom is -0.385 e. The van der Waals surface area contributed by atoms with E-state index >= 15 is 0 Å². The molecule has 6 heteroatoms. The van der Waals surface area contributed by atoms with Crippen molar-refractivity contribution < 1.29 is 9.53 Å². The first kappa shape index (κ1) is 13.3. The fourth-order valence-electron chi connectivity index (χ4n) is 1.93. The summed E-state index contributed by atoms with van der Waals surface area (Å²) in [4.78, 5) is 15.8. The summed E-state index contributed by atoms with van der Waals surface area (Å²) in [6.45, 7) is 1.51. The summed E-state index contributed by atoms with van der Waals surface area (Å²) in [6.07, 6.45) is 3.70. The predicted octanol–water partition coefficient (Wildman–Crippen LogP) is 1.20. The van der Waals surface area contributed by atoms with Crippen molar-refractivity contribution in [3.8, 4) is 0 Å². The largest absolute Gasteiger partial charge is 0.385 e. The van der Waals surface area contributed by atoms with Gasteiger partial charge in [-0.15, -0.1) is 11.3 Å². The Morgan fingerprint density at radius 3 is 3.00 bits per heavy atom. The molecule has 0 radical (unpaired) electrons. The van der Waals surface area contributed by atoms with Crippen LogP contribution >= 0.6 is 11.3 Å². The number of ether oxygens (including phenoxy) is 1. The van der Waals surface area contributed by atoms with E-state index in [2.05, 4.69) is 10.3 Å². The first-order chi connectivity index (χ1) is 8.63. The van der Waals surface area contributed by atoms with Crippen LogP contribution in [-0.2, 0) is 16.0 Å². The van der Waals surface area contributed by atoms with Crippen molar-refractivity contribution in [1.29, 1.82) is 0 Å². The number of nitrogens with two attached hydrogens (primary N) is 1. The average Bonchev–Trinajstić information content (AvgIpc) is 3.01. The summed E-state index contributed by atoms with van der Waals surface area (Å²) >= 11 is 1.36. The number of carbonyl (C=O) groups excluding carboxylic acids is 1. The normalized spacial score (nSPS) is 16.5. The lowest BCUT2D eigenvalue weighted by atomic mass is 10.0. The SMILES string of the molecule is COCCC1(CNC(=O)Cc2csc(N)n2)CC1. The van der Waals surface area contributed by atoms with E-state index in [0.717, 1.165) is 25.3 Å². The van der Waals surface area contributed by atoms with Crippen LogP contribution in [0, 0.1) is 5.41 Å². The number of thiazole rings is 1. The third-order valence-electron chi connectivity index (χ3n) is 3.37. The molecule has 0 unspecified atom stereocenters. The average molecular weight is 269 g/mol. The number of anilines is 1. The highest BCUT2D eigenvalue weighted by Crippen LogP contribution is 2.48. The number of nitrogen functional groups attached to an aromatic ring is 1. The molecule has 0 saturated heterocycles. The Balaban J connectivity index is 1.72. The molecular formula is C12H19N3O2S. The second-order valence-corrected chi connectivity index (χ2v) is 5.76. The van der Waals surface area contributed by atoms with Gasteiger partial charge in [0.25, 0.3) is 0 Å². The van der Waals surface area contributed by atoms with E-state index < -0.39 is 0 Å². The number of hydrogen-bond acceptors (Lipinski definition) is 5. The van der Waals surface area contributed by atoms with E-state index in [4.69, 9.17) is 10.5 Å². The van der Waals surface area contributed by atoms with Crippen molar-refractivity contribution in [3.05, 3.63) is 11.1 Å². The van der Waals surface area contributed by atoms with Gasteiger partial charge in [-0.3, -0.25) is 4.79 Å². The van der Waals surface area contributed by atoms with E-state index in [1.807, 2.05) is 5.38 Å². The van der Waals surface area contributed by atoms with E-state index in [9.17, 15) is 4.79 Å². The Bertz CT molecular complexity index is 415. The molecule has 1 aliphatic carbocycles. The summed E-state index contributed by atoms with van der Waals surface area (Å²) in [5, 5.41) is 5.32. The molecular weight excluding hydrogens is 250 g/mol. The van der Waals surface area contributed by atoms with Crippen molar-refractivity contribution in [2.45, 2.75) is 25.7 Å². The van der Waals surface area contributed by atoms with E-state index in [1.54, 1.807) is 7.11 Å². The molecule has 1 saturated carbocycles. The molecule has 1 amide bonds. The fraction of sp³-hybridized carbons (Fsp3) is 0.667. The molecule has 1 aliphatic rings. The zero-order valence-corrected chi connectivity index (χ0v) is 11.4. The van der Waals surface area contributed by atoms with Crippen LogP contribution in [0.3, 0.4) is 0 Å². The van der Waals surface area contributed by atoms with Gasteiger partial charge >= 0.3 is 0 Å². The Labute approximate surface area is 111 Å². The number of hydrogen-bond donors (Lipinski definition) is 2. The van der Waals surface area contributed by atoms with Crippen LogP contribution in [0.2, 0.25) is 0 Å². The van der Waals surface area contributed by atoms with Gasteiger partial charge in [0, 0.05) is 25.6 Å². The monoisotopic (exact) mass is 269 g/mol. The van der Waals surface area contributed by atoms with Gasteiger partial charge in [-0.2, -0.15) is 0 Å². The number of amides is 1. The number of nitrogens with one attached hydrogen (secondary N) is 1. The summed E-state index contributed by atoms with van der Waals surface area (Å²) in [7, 11) is 1.71. The van der Waals surface area contributed by atoms with Crippen LogP contribution in [0.1, 0.15) is 25.0 Å². The molecule has 2 rings (SSSR count). The molecule has 0 aromatic carbocycles. The highest BCUT2D eigenvalue weighted by atomic mass is 32.1. The molecule has 3 N–H and O–H groups in total. The summed E-state index contributed by atoms with van der Waals surface area (Å²) in [6, 6.07) is 0. The third kappa shape index (κ3) is 3.68. The topological polar surface area (TPSA) is 77.2 Å². The van der Waals surface area contributed by atoms with Crippen LogP contribution in [0.25, 0.3) is 0 Å². The van der Waals surface area contributed by atoms with Crippen LogP contribution in [0.4, 0.5) is 5.13 Å². The van der Waals surface area contributed by atoms with Gasteiger partial charge < -0.3 is 15.8 Å². The molecule has 1 fully saturated rings. The number of rotatable bonds is 7. The third-order valence-corrected chi connectivity index (χ3v) is 4.09. The van der Waals surface area contributed by atoms with E-state index in [1.165, 1.54) is 24.2 Å². The van der Waals surface area contributed by atoms with Crippen LogP contribution < -0.4 is 11.1 Å². The Hall–Kier alpha value is -1.14. The number of methoxy groups -OCH3 is 1. The maximum Gasteiger partial charge on any atom is 0.226 e. The van der Waals surface area contributed by atoms with Crippen molar-refractivity contribution >= 4 is 22.4 Å². The molecule has 1 aromatic heterocycles. The molecule has 0 bridgehead atoms. The van der Waals surface area contributed by atoms with Crippen molar-refractivity contribution in [1.82, 2.24) is 10.3 Å². The smallest absolute Gasteiger partial charge is 0.226 e. The minimum absolute atomic E-state index is 0.0176. The molecule has 0 spiro atoms. The van der Waals surface area contributed by atoms with E-state index in [-0.39, 0.29) is 11.3 Å². The fourth-order valence-corrected chi connectivity index (χ4v) is 2.49. The first-order valence-corrected chi connectivity index (χ1v) is 6.97. The maximum absolute atomic E-state index is 11.8. The quantitative estimate of drug-likeness (QED) is 0.779. The van der Waals surface area contributed by atoms with Gasteiger partial charge in [-0.05, 0) is 24.7 Å². The van der Waals surface area contributed by atoms with Crippen LogP contribution in [0.5, 0.6) is 0 Å². The van der Waals surface area contributed by atoms with Gasteiger partial charge in [-0.1, -0.05) is 0 Å². The lowest BCUT2D eigenvalue weighted by Gasteiger charge is -2.15. The van der Waals surface area contributed by atoms with Crippen molar-refractivity contribution in [2.75, 3.05) is 26.0 Å². The predicted molar refractivity (Wildman–Crippen MR) is 71.4 cm³/mol. The standard InChI is InChI=1S/C12H19N3O2S/c1-17-5-4-12(2-3-12)8-14-10(16)6-9-7-18-11(13)15-9/h7H,2-6,8H2,1H3,(H2,13,15)(H,14,16). The van der Waals surface area contributed by atoms with Gasteiger partial charge in [0.15, 0.2) is 5.13 Å². The summed E-state index contributed by atoms with van der Waals surface area (Å²) in [5.74, 6) is 0.0176. The molecule has 1 heterocycles. The number of aromatic nitrogens is 1. The number of nitrogens with zero attached hydrogens (tertiary/aromatic N) is 1. The summed E-state index contributed by atoms with van der Waals surface area (Å²) < 4.78 is 5.09. The second-order valence-electron chi connectivity index (χ2n) is 4.87. The Morgan fingerprint density at radius 2 is 2.44 bits per heavy atom. The van der Waals surface area contributed by atoms with Gasteiger partial charge in [0.2, 0.25) is 5.91 Å². The second kappa shape index (κ2) is 5.67. The lowest BCUT2D eigenvalue weighted by molar-refractivity contribution is -0.120. The molecule has 100 valence electrons. The van der Waals surface area contributed by atoms with Gasteiger partial charge in [0.05, 0.1) is 12.1 Å². The van der Waals surface area contributed by atoms with Gasteiger partial charge in [-0.25, -0.2) is 4.98 Å². The highest BCUT2D eigenvalue weighted by molar-refractivity contribution is 7.13. The zero-order chi connectivity index (χ0) is 13.0. The minimum atomic E-state index is 0.0176. The van der Waals surface area contributed by atoms with Crippen LogP contribution in [-0.4, -0.2) is 31.2 Å². The molecule has 5 nitrogen and oxygen atoms in total. The van der Waals surface area contributed by atoms with E-state index in [0.29, 0.717) is 11.6 Å². The molecule has 0 atom stereocenters. The van der Waals surface area contributed by atoms with Crippen molar-refractivity contribution in [3.63, 3.8) is 0 Å². The summed E-state index contributed by atoms with van der Waals surface area (Å²) in [5.41, 5.74) is 6.56. The lowest BCUT2D eigenvalue weighted by Crippen LogP contribution is -2.32. The van der Waals surface area contributed by atoms with Crippen LogP contribution in [0.15, 0.2) is 5.38 Å². The Morgan fingerprint density at radius 1 is 1.67 bits per heavy atom. The maximum atomic E-state index is 11.8. The zero-order valence-electron chi connectivity index (χ0n) is 10.6. The Kier molecular flexibility index (Phi) is 4.19. The van der Waals surface area contributed by atoms with Gasteiger partial charge in [0.1, 0.15) is 0 Å². The highest BCUT2D eigenvalue weighted by Gasteiger charge is 2.42.